The summed E-state index contributed by atoms with van der Waals surface area (Å²) in [6, 6.07) is 12.1. The summed E-state index contributed by atoms with van der Waals surface area (Å²) in [5.74, 6) is -0.426. The van der Waals surface area contributed by atoms with E-state index in [1.54, 1.807) is 13.0 Å². The Morgan fingerprint density at radius 1 is 1.28 bits per heavy atom. The van der Waals surface area contributed by atoms with E-state index in [2.05, 4.69) is 10.6 Å². The summed E-state index contributed by atoms with van der Waals surface area (Å²) in [7, 11) is -2.58. The molecule has 2 aromatic rings. The number of carbonyl (C=O) groups excluding carboxylic acids is 2. The fraction of sp³-hybridized carbons (Fsp3) is 0.300. The molecule has 154 valence electrons. The van der Waals surface area contributed by atoms with Crippen LogP contribution in [0.3, 0.4) is 0 Å². The summed E-state index contributed by atoms with van der Waals surface area (Å²) < 4.78 is 32.3. The molecular formula is C20H23N3O5S. The first-order valence-electron chi connectivity index (χ1n) is 9.06. The molecule has 2 aromatic carbocycles. The number of likely N-dealkylation sites (N-methyl/N-ethyl adjacent to an activating group) is 1. The van der Waals surface area contributed by atoms with E-state index in [0.717, 1.165) is 9.87 Å². The number of fused-ring (bicyclic) bond motifs is 1. The molecule has 1 unspecified atom stereocenters. The topological polar surface area (TPSA) is 105 Å². The molecule has 0 aliphatic carbocycles. The second kappa shape index (κ2) is 8.22. The van der Waals surface area contributed by atoms with Gasteiger partial charge in [-0.2, -0.15) is 4.31 Å². The van der Waals surface area contributed by atoms with Crippen molar-refractivity contribution in [2.24, 2.45) is 0 Å². The van der Waals surface area contributed by atoms with Gasteiger partial charge in [0.05, 0.1) is 23.2 Å². The molecular weight excluding hydrogens is 394 g/mol. The molecule has 29 heavy (non-hydrogen) atoms. The van der Waals surface area contributed by atoms with Gasteiger partial charge in [0.1, 0.15) is 5.75 Å². The van der Waals surface area contributed by atoms with Gasteiger partial charge < -0.3 is 15.4 Å². The first kappa shape index (κ1) is 20.8. The van der Waals surface area contributed by atoms with Crippen LogP contribution in [-0.2, 0) is 19.6 Å². The van der Waals surface area contributed by atoms with Crippen LogP contribution in [-0.4, -0.2) is 44.7 Å². The van der Waals surface area contributed by atoms with Crippen LogP contribution in [0.1, 0.15) is 24.1 Å². The lowest BCUT2D eigenvalue weighted by Gasteiger charge is -2.23. The van der Waals surface area contributed by atoms with Crippen molar-refractivity contribution in [3.63, 3.8) is 0 Å². The Hall–Kier alpha value is -2.91. The van der Waals surface area contributed by atoms with E-state index >= 15 is 0 Å². The van der Waals surface area contributed by atoms with Crippen LogP contribution in [0.25, 0.3) is 0 Å². The summed E-state index contributed by atoms with van der Waals surface area (Å²) >= 11 is 0. The minimum atomic E-state index is -3.93. The van der Waals surface area contributed by atoms with Crippen molar-refractivity contribution in [2.45, 2.75) is 24.8 Å². The van der Waals surface area contributed by atoms with E-state index in [9.17, 15) is 18.0 Å². The number of carbonyl (C=O) groups is 2. The quantitative estimate of drug-likeness (QED) is 0.746. The number of hydrogen-bond acceptors (Lipinski definition) is 5. The van der Waals surface area contributed by atoms with Crippen LogP contribution in [0.2, 0.25) is 0 Å². The van der Waals surface area contributed by atoms with Gasteiger partial charge >= 0.3 is 0 Å². The molecule has 1 heterocycles. The zero-order valence-electron chi connectivity index (χ0n) is 16.4. The van der Waals surface area contributed by atoms with E-state index in [1.807, 2.05) is 37.3 Å². The van der Waals surface area contributed by atoms with Crippen molar-refractivity contribution < 1.29 is 22.7 Å². The van der Waals surface area contributed by atoms with Gasteiger partial charge in [-0.3, -0.25) is 9.59 Å². The lowest BCUT2D eigenvalue weighted by atomic mass is 10.1. The summed E-state index contributed by atoms with van der Waals surface area (Å²) in [5.41, 5.74) is 1.80. The van der Waals surface area contributed by atoms with Crippen LogP contribution in [0, 0.1) is 6.92 Å². The minimum absolute atomic E-state index is 0.0267. The maximum Gasteiger partial charge on any atom is 0.262 e. The number of amides is 2. The van der Waals surface area contributed by atoms with Crippen molar-refractivity contribution in [3.05, 3.63) is 53.6 Å². The minimum Gasteiger partial charge on any atom is -0.482 e. The second-order valence-electron chi connectivity index (χ2n) is 6.91. The Labute approximate surface area is 169 Å². The van der Waals surface area contributed by atoms with E-state index in [0.29, 0.717) is 11.3 Å². The number of ether oxygens (including phenoxy) is 1. The molecule has 3 rings (SSSR count). The molecule has 0 bridgehead atoms. The average molecular weight is 417 g/mol. The lowest BCUT2D eigenvalue weighted by molar-refractivity contribution is -0.122. The monoisotopic (exact) mass is 417 g/mol. The SMILES string of the molecule is Cc1cc2c(cc1S(=O)(=O)N(C)CC(=O)NC(C)c1ccccc1)OCC(=O)N2. The molecule has 0 aromatic heterocycles. The molecule has 8 nitrogen and oxygen atoms in total. The van der Waals surface area contributed by atoms with Crippen LogP contribution in [0.5, 0.6) is 5.75 Å². The standard InChI is InChI=1S/C20H23N3O5S/c1-13-9-16-17(28-12-20(25)22-16)10-18(13)29(26,27)23(3)11-19(24)21-14(2)15-7-5-4-6-8-15/h4-10,14H,11-12H2,1-3H3,(H,21,24)(H,22,25). The molecule has 1 aliphatic heterocycles. The smallest absolute Gasteiger partial charge is 0.262 e. The third-order valence-corrected chi connectivity index (χ3v) is 6.59. The fourth-order valence-corrected chi connectivity index (χ4v) is 4.41. The van der Waals surface area contributed by atoms with E-state index in [1.165, 1.54) is 13.1 Å². The van der Waals surface area contributed by atoms with Gasteiger partial charge in [-0.25, -0.2) is 8.42 Å². The Morgan fingerprint density at radius 2 is 1.97 bits per heavy atom. The Balaban J connectivity index is 1.74. The fourth-order valence-electron chi connectivity index (χ4n) is 3.06. The highest BCUT2D eigenvalue weighted by atomic mass is 32.2. The highest BCUT2D eigenvalue weighted by Gasteiger charge is 2.28. The number of sulfonamides is 1. The molecule has 0 saturated heterocycles. The number of nitrogens with one attached hydrogen (secondary N) is 2. The van der Waals surface area contributed by atoms with Crippen molar-refractivity contribution in [2.75, 3.05) is 25.5 Å². The van der Waals surface area contributed by atoms with Crippen LogP contribution in [0.15, 0.2) is 47.4 Å². The first-order valence-corrected chi connectivity index (χ1v) is 10.5. The van der Waals surface area contributed by atoms with E-state index in [-0.39, 0.29) is 35.7 Å². The zero-order chi connectivity index (χ0) is 21.2. The maximum atomic E-state index is 13.0. The summed E-state index contributed by atoms with van der Waals surface area (Å²) in [4.78, 5) is 23.8. The molecule has 0 fully saturated rings. The van der Waals surface area contributed by atoms with E-state index < -0.39 is 15.9 Å². The average Bonchev–Trinajstić information content (AvgIpc) is 2.67. The van der Waals surface area contributed by atoms with Crippen LogP contribution < -0.4 is 15.4 Å². The predicted molar refractivity (Wildman–Crippen MR) is 108 cm³/mol. The predicted octanol–water partition coefficient (Wildman–Crippen LogP) is 1.82. The number of benzene rings is 2. The molecule has 9 heteroatoms. The van der Waals surface area contributed by atoms with Gasteiger partial charge in [-0.05, 0) is 31.0 Å². The Bertz CT molecular complexity index is 1040. The van der Waals surface area contributed by atoms with Gasteiger partial charge in [-0.1, -0.05) is 30.3 Å². The van der Waals surface area contributed by atoms with Crippen molar-refractivity contribution in [1.82, 2.24) is 9.62 Å². The van der Waals surface area contributed by atoms with Crippen molar-refractivity contribution >= 4 is 27.5 Å². The number of hydrogen-bond donors (Lipinski definition) is 2. The van der Waals surface area contributed by atoms with Gasteiger partial charge in [-0.15, -0.1) is 0 Å². The number of nitrogens with zero attached hydrogens (tertiary/aromatic N) is 1. The van der Waals surface area contributed by atoms with Crippen LogP contribution >= 0.6 is 0 Å². The number of aryl methyl sites for hydroxylation is 1. The number of rotatable bonds is 6. The van der Waals surface area contributed by atoms with Gasteiger partial charge in [0, 0.05) is 13.1 Å². The molecule has 1 atom stereocenters. The summed E-state index contributed by atoms with van der Waals surface area (Å²) in [6.07, 6.45) is 0. The number of anilines is 1. The van der Waals surface area contributed by atoms with Crippen molar-refractivity contribution in [3.8, 4) is 5.75 Å². The van der Waals surface area contributed by atoms with Gasteiger partial charge in [0.2, 0.25) is 15.9 Å². The molecule has 0 spiro atoms. The summed E-state index contributed by atoms with van der Waals surface area (Å²) in [6.45, 7) is 2.96. The molecule has 0 saturated carbocycles. The highest BCUT2D eigenvalue weighted by Crippen LogP contribution is 2.33. The third kappa shape index (κ3) is 4.57. The molecule has 0 radical (unpaired) electrons. The molecule has 1 aliphatic rings. The zero-order valence-corrected chi connectivity index (χ0v) is 17.2. The normalized spacial score (nSPS) is 14.6. The van der Waals surface area contributed by atoms with Gasteiger partial charge in [0.25, 0.3) is 5.91 Å². The van der Waals surface area contributed by atoms with Gasteiger partial charge in [0.15, 0.2) is 6.61 Å². The third-order valence-electron chi connectivity index (χ3n) is 4.64. The molecule has 2 amide bonds. The highest BCUT2D eigenvalue weighted by molar-refractivity contribution is 7.89. The lowest BCUT2D eigenvalue weighted by Crippen LogP contribution is -2.39. The Kier molecular flexibility index (Phi) is 5.90. The largest absolute Gasteiger partial charge is 0.482 e. The first-order chi connectivity index (χ1) is 13.7. The Morgan fingerprint density at radius 3 is 2.66 bits per heavy atom. The maximum absolute atomic E-state index is 13.0. The van der Waals surface area contributed by atoms with Crippen LogP contribution in [0.4, 0.5) is 5.69 Å². The summed E-state index contributed by atoms with van der Waals surface area (Å²) in [5, 5.41) is 5.44. The molecule has 2 N–H and O–H groups in total. The van der Waals surface area contributed by atoms with E-state index in [4.69, 9.17) is 4.74 Å². The van der Waals surface area contributed by atoms with Crippen molar-refractivity contribution in [1.29, 1.82) is 0 Å². The second-order valence-corrected chi connectivity index (χ2v) is 8.92.